The highest BCUT2D eigenvalue weighted by Gasteiger charge is 1.95. The lowest BCUT2D eigenvalue weighted by atomic mass is 10.8. The third-order valence-electron chi connectivity index (χ3n) is 0.761. The molecular formula is C4H5IN2S. The van der Waals surface area contributed by atoms with Gasteiger partial charge in [0.25, 0.3) is 0 Å². The molecule has 1 N–H and O–H groups in total. The van der Waals surface area contributed by atoms with Crippen molar-refractivity contribution in [1.29, 1.82) is 0 Å². The lowest BCUT2D eigenvalue weighted by Gasteiger charge is -1.89. The number of rotatable bonds is 1. The maximum absolute atomic E-state index is 4.03. The monoisotopic (exact) mass is 240 g/mol. The minimum atomic E-state index is 0.982. The van der Waals surface area contributed by atoms with E-state index in [9.17, 15) is 0 Å². The van der Waals surface area contributed by atoms with Crippen molar-refractivity contribution in [2.45, 2.75) is 0 Å². The summed E-state index contributed by atoms with van der Waals surface area (Å²) in [7, 11) is 1.87. The largest absolute Gasteiger partial charge is 0.372 e. The second-order valence-electron chi connectivity index (χ2n) is 1.22. The normalized spacial score (nSPS) is 9.25. The van der Waals surface area contributed by atoms with Gasteiger partial charge in [-0.3, -0.25) is 0 Å². The third kappa shape index (κ3) is 1.11. The minimum Gasteiger partial charge on any atom is -0.372 e. The number of nitrogens with one attached hydrogen (secondary N) is 1. The summed E-state index contributed by atoms with van der Waals surface area (Å²) >= 11 is 3.89. The molecule has 1 rings (SSSR count). The van der Waals surface area contributed by atoms with Crippen molar-refractivity contribution >= 4 is 39.7 Å². The number of hydrogen-bond donors (Lipinski definition) is 1. The summed E-state index contributed by atoms with van der Waals surface area (Å²) in [5.41, 5.74) is 1.83. The van der Waals surface area contributed by atoms with Crippen LogP contribution in [-0.4, -0.2) is 12.0 Å². The Morgan fingerprint density at radius 2 is 2.62 bits per heavy atom. The maximum atomic E-state index is 4.03. The van der Waals surface area contributed by atoms with Crippen LogP contribution in [0.4, 0.5) is 5.82 Å². The van der Waals surface area contributed by atoms with Gasteiger partial charge in [-0.25, -0.2) is 4.98 Å². The molecule has 1 aromatic rings. The fraction of sp³-hybridized carbons (Fsp3) is 0.250. The zero-order valence-electron chi connectivity index (χ0n) is 4.31. The molecule has 0 saturated carbocycles. The molecule has 2 nitrogen and oxygen atoms in total. The molecule has 0 atom stereocenters. The van der Waals surface area contributed by atoms with Crippen molar-refractivity contribution in [3.63, 3.8) is 0 Å². The van der Waals surface area contributed by atoms with Crippen LogP contribution in [0, 0.1) is 2.88 Å². The summed E-state index contributed by atoms with van der Waals surface area (Å²) in [5, 5.41) is 2.97. The number of aromatic nitrogens is 1. The molecule has 0 aliphatic carbocycles. The van der Waals surface area contributed by atoms with Gasteiger partial charge in [0.15, 0.2) is 0 Å². The quantitative estimate of drug-likeness (QED) is 0.757. The molecule has 0 bridgehead atoms. The zero-order valence-corrected chi connectivity index (χ0v) is 7.28. The van der Waals surface area contributed by atoms with Gasteiger partial charge in [0.05, 0.1) is 5.51 Å². The molecule has 8 heavy (non-hydrogen) atoms. The number of anilines is 1. The van der Waals surface area contributed by atoms with Gasteiger partial charge in [0, 0.05) is 7.05 Å². The molecule has 0 spiro atoms. The molecule has 0 unspecified atom stereocenters. The molecular weight excluding hydrogens is 235 g/mol. The Kier molecular flexibility index (Phi) is 2.07. The summed E-state index contributed by atoms with van der Waals surface area (Å²) in [6, 6.07) is 0. The number of hydrogen-bond acceptors (Lipinski definition) is 3. The smallest absolute Gasteiger partial charge is 0.150 e. The highest BCUT2D eigenvalue weighted by Crippen LogP contribution is 2.19. The van der Waals surface area contributed by atoms with Crippen LogP contribution >= 0.6 is 33.9 Å². The summed E-state index contributed by atoms with van der Waals surface area (Å²) in [6.07, 6.45) is 0. The SMILES string of the molecule is CNc1ncsc1I. The molecule has 0 aliphatic rings. The van der Waals surface area contributed by atoms with Crippen molar-refractivity contribution in [1.82, 2.24) is 4.98 Å². The standard InChI is InChI=1S/C4H5IN2S/c1-6-4-3(5)8-2-7-4/h2,6H,1H3. The molecule has 0 radical (unpaired) electrons. The number of thiazole rings is 1. The topological polar surface area (TPSA) is 24.9 Å². The fourth-order valence-corrected chi connectivity index (χ4v) is 1.66. The van der Waals surface area contributed by atoms with Gasteiger partial charge < -0.3 is 5.32 Å². The first kappa shape index (κ1) is 6.28. The van der Waals surface area contributed by atoms with Gasteiger partial charge in [-0.2, -0.15) is 0 Å². The molecule has 4 heteroatoms. The van der Waals surface area contributed by atoms with Crippen LogP contribution in [0.1, 0.15) is 0 Å². The van der Waals surface area contributed by atoms with Crippen LogP contribution in [-0.2, 0) is 0 Å². The third-order valence-corrected chi connectivity index (χ3v) is 2.65. The van der Waals surface area contributed by atoms with Gasteiger partial charge in [0.1, 0.15) is 8.70 Å². The van der Waals surface area contributed by atoms with E-state index < -0.39 is 0 Å². The predicted octanol–water partition coefficient (Wildman–Crippen LogP) is 1.79. The van der Waals surface area contributed by atoms with Gasteiger partial charge in [-0.1, -0.05) is 0 Å². The van der Waals surface area contributed by atoms with E-state index in [0.29, 0.717) is 0 Å². The van der Waals surface area contributed by atoms with Crippen molar-refractivity contribution in [2.75, 3.05) is 12.4 Å². The van der Waals surface area contributed by atoms with E-state index in [4.69, 9.17) is 0 Å². The van der Waals surface area contributed by atoms with E-state index in [-0.39, 0.29) is 0 Å². The average molecular weight is 240 g/mol. The molecule has 0 fully saturated rings. The van der Waals surface area contributed by atoms with E-state index in [1.807, 2.05) is 12.6 Å². The Morgan fingerprint density at radius 1 is 1.88 bits per heavy atom. The number of nitrogens with zero attached hydrogens (tertiary/aromatic N) is 1. The van der Waals surface area contributed by atoms with Crippen LogP contribution in [0.2, 0.25) is 0 Å². The van der Waals surface area contributed by atoms with Crippen molar-refractivity contribution in [2.24, 2.45) is 0 Å². The first-order valence-corrected chi connectivity index (χ1v) is 4.07. The summed E-state index contributed by atoms with van der Waals surface area (Å²) in [6.45, 7) is 0. The van der Waals surface area contributed by atoms with E-state index in [1.54, 1.807) is 11.3 Å². The number of halogens is 1. The second kappa shape index (κ2) is 2.63. The van der Waals surface area contributed by atoms with E-state index >= 15 is 0 Å². The molecule has 0 aliphatic heterocycles. The molecule has 44 valence electrons. The Labute approximate surface area is 65.5 Å². The minimum absolute atomic E-state index is 0.982. The summed E-state index contributed by atoms with van der Waals surface area (Å²) < 4.78 is 1.21. The van der Waals surface area contributed by atoms with Gasteiger partial charge in [-0.15, -0.1) is 11.3 Å². The first-order valence-electron chi connectivity index (χ1n) is 2.11. The first-order chi connectivity index (χ1) is 3.84. The highest BCUT2D eigenvalue weighted by atomic mass is 127. The zero-order chi connectivity index (χ0) is 5.98. The highest BCUT2D eigenvalue weighted by molar-refractivity contribution is 14.1. The fourth-order valence-electron chi connectivity index (χ4n) is 0.395. The van der Waals surface area contributed by atoms with Crippen molar-refractivity contribution in [3.8, 4) is 0 Å². The van der Waals surface area contributed by atoms with E-state index in [1.165, 1.54) is 2.88 Å². The van der Waals surface area contributed by atoms with Crippen LogP contribution in [0.25, 0.3) is 0 Å². The molecule has 0 aromatic carbocycles. The summed E-state index contributed by atoms with van der Waals surface area (Å²) in [4.78, 5) is 4.03. The van der Waals surface area contributed by atoms with Crippen molar-refractivity contribution in [3.05, 3.63) is 8.39 Å². The second-order valence-corrected chi connectivity index (χ2v) is 3.89. The summed E-state index contributed by atoms with van der Waals surface area (Å²) in [5.74, 6) is 0.982. The van der Waals surface area contributed by atoms with Crippen LogP contribution in [0.15, 0.2) is 5.51 Å². The lowest BCUT2D eigenvalue weighted by molar-refractivity contribution is 1.34. The Balaban J connectivity index is 2.92. The Bertz CT molecular complexity index is 174. The van der Waals surface area contributed by atoms with Gasteiger partial charge >= 0.3 is 0 Å². The van der Waals surface area contributed by atoms with Gasteiger partial charge in [0.2, 0.25) is 0 Å². The average Bonchev–Trinajstić information content (AvgIpc) is 2.14. The van der Waals surface area contributed by atoms with E-state index in [0.717, 1.165) is 5.82 Å². The maximum Gasteiger partial charge on any atom is 0.150 e. The van der Waals surface area contributed by atoms with Crippen LogP contribution in [0.3, 0.4) is 0 Å². The lowest BCUT2D eigenvalue weighted by Crippen LogP contribution is -1.87. The van der Waals surface area contributed by atoms with Crippen LogP contribution < -0.4 is 5.32 Å². The van der Waals surface area contributed by atoms with E-state index in [2.05, 4.69) is 32.9 Å². The molecule has 1 heterocycles. The molecule has 0 amide bonds. The van der Waals surface area contributed by atoms with Crippen LogP contribution in [0.5, 0.6) is 0 Å². The predicted molar refractivity (Wildman–Crippen MR) is 44.4 cm³/mol. The Morgan fingerprint density at radius 3 is 2.88 bits per heavy atom. The molecule has 0 saturated heterocycles. The van der Waals surface area contributed by atoms with Gasteiger partial charge in [-0.05, 0) is 22.6 Å². The Hall–Kier alpha value is 0.160. The molecule has 1 aromatic heterocycles. The van der Waals surface area contributed by atoms with Crippen molar-refractivity contribution < 1.29 is 0 Å².